The Balaban J connectivity index is 3.63. The lowest BCUT2D eigenvalue weighted by Crippen LogP contribution is -2.75. The van der Waals surface area contributed by atoms with Gasteiger partial charge in [0.05, 0.1) is 10.0 Å². The van der Waals surface area contributed by atoms with Crippen molar-refractivity contribution in [2.45, 2.75) is 47.3 Å². The molecule has 0 aliphatic heterocycles. The van der Waals surface area contributed by atoms with Crippen LogP contribution in [0.25, 0.3) is 0 Å². The lowest BCUT2D eigenvalue weighted by atomic mass is 9.91. The SMILES string of the molecule is FC(F)(F)C(F)(F)C(F)(F)C(F)(F)C(F)(F)C(F)(F)C(F)(F)C(F)(F)[SiH2]c1cccc(Cl)c1Cl. The van der Waals surface area contributed by atoms with Crippen molar-refractivity contribution < 1.29 is 74.6 Å². The first kappa shape index (κ1) is 30.9. The molecule has 0 saturated carbocycles. The molecule has 1 aromatic rings. The molecule has 0 saturated heterocycles. The van der Waals surface area contributed by atoms with Crippen molar-refractivity contribution in [3.8, 4) is 0 Å². The topological polar surface area (TPSA) is 0 Å². The number of rotatable bonds is 8. The molecular formula is C14H5Cl2F17Si. The summed E-state index contributed by atoms with van der Waals surface area (Å²) in [5, 5.41) is -2.77. The van der Waals surface area contributed by atoms with Gasteiger partial charge in [-0.05, 0) is 11.3 Å². The molecule has 0 N–H and O–H groups in total. The Morgan fingerprint density at radius 2 is 0.853 bits per heavy atom. The van der Waals surface area contributed by atoms with Crippen molar-refractivity contribution in [1.82, 2.24) is 0 Å². The van der Waals surface area contributed by atoms with Gasteiger partial charge in [-0.25, -0.2) is 8.78 Å². The van der Waals surface area contributed by atoms with E-state index in [0.29, 0.717) is 6.07 Å². The van der Waals surface area contributed by atoms with Gasteiger partial charge in [-0.2, -0.15) is 65.9 Å². The van der Waals surface area contributed by atoms with E-state index in [4.69, 9.17) is 23.2 Å². The largest absolute Gasteiger partial charge is 0.460 e. The molecule has 0 heterocycles. The zero-order valence-corrected chi connectivity index (χ0v) is 18.0. The Labute approximate surface area is 188 Å². The van der Waals surface area contributed by atoms with Crippen LogP contribution >= 0.6 is 23.2 Å². The summed E-state index contributed by atoms with van der Waals surface area (Å²) in [6.45, 7) is 0. The Bertz CT molecular complexity index is 908. The molecule has 1 aromatic carbocycles. The highest BCUT2D eigenvalue weighted by Gasteiger charge is 2.95. The fraction of sp³-hybridized carbons (Fsp3) is 0.571. The van der Waals surface area contributed by atoms with Crippen molar-refractivity contribution in [2.75, 3.05) is 0 Å². The third kappa shape index (κ3) is 4.20. The molecule has 1 rings (SSSR count). The van der Waals surface area contributed by atoms with Gasteiger partial charge in [0.1, 0.15) is 9.52 Å². The smallest absolute Gasteiger partial charge is 0.205 e. The first-order chi connectivity index (χ1) is 14.6. The van der Waals surface area contributed by atoms with Gasteiger partial charge in [-0.15, -0.1) is 0 Å². The minimum Gasteiger partial charge on any atom is -0.205 e. The predicted octanol–water partition coefficient (Wildman–Crippen LogP) is 6.75. The second-order valence-corrected chi connectivity index (χ2v) is 9.33. The van der Waals surface area contributed by atoms with E-state index in [1.165, 1.54) is 0 Å². The van der Waals surface area contributed by atoms with Crippen LogP contribution in [0.2, 0.25) is 10.0 Å². The summed E-state index contributed by atoms with van der Waals surface area (Å²) >= 11 is 10.7. The number of alkyl halides is 17. The zero-order valence-electron chi connectivity index (χ0n) is 15.1. The van der Waals surface area contributed by atoms with Gasteiger partial charge >= 0.3 is 41.7 Å². The fourth-order valence-electron chi connectivity index (χ4n) is 2.23. The minimum absolute atomic E-state index is 0.452. The van der Waals surface area contributed by atoms with E-state index in [1.54, 1.807) is 0 Å². The maximum Gasteiger partial charge on any atom is 0.460 e. The highest BCUT2D eigenvalue weighted by molar-refractivity contribution is 6.62. The van der Waals surface area contributed by atoms with Crippen LogP contribution in [0.4, 0.5) is 74.6 Å². The normalized spacial score (nSPS) is 16.0. The number of benzene rings is 1. The Hall–Kier alpha value is -1.17. The van der Waals surface area contributed by atoms with Crippen LogP contribution in [0.5, 0.6) is 0 Å². The van der Waals surface area contributed by atoms with Gasteiger partial charge in [0, 0.05) is 0 Å². The van der Waals surface area contributed by atoms with Crippen molar-refractivity contribution >= 4 is 37.9 Å². The third-order valence-electron chi connectivity index (χ3n) is 4.23. The minimum atomic E-state index is -8.64. The summed E-state index contributed by atoms with van der Waals surface area (Å²) in [5.41, 5.74) is -6.42. The molecule has 0 aromatic heterocycles. The average Bonchev–Trinajstić information content (AvgIpc) is 2.63. The van der Waals surface area contributed by atoms with Crippen LogP contribution in [-0.2, 0) is 0 Å². The van der Waals surface area contributed by atoms with Crippen LogP contribution in [-0.4, -0.2) is 56.8 Å². The molecule has 0 amide bonds. The molecule has 20 heteroatoms. The molecule has 0 nitrogen and oxygen atoms in total. The highest BCUT2D eigenvalue weighted by atomic mass is 35.5. The second kappa shape index (κ2) is 8.45. The molecular weight excluding hydrogens is 590 g/mol. The summed E-state index contributed by atoms with van der Waals surface area (Å²) in [7, 11) is -4.38. The first-order valence-corrected chi connectivity index (χ1v) is 9.96. The van der Waals surface area contributed by atoms with E-state index in [1.807, 2.05) is 0 Å². The van der Waals surface area contributed by atoms with Crippen molar-refractivity contribution in [1.29, 1.82) is 0 Å². The van der Waals surface area contributed by atoms with Crippen molar-refractivity contribution in [2.24, 2.45) is 0 Å². The quantitative estimate of drug-likeness (QED) is 0.231. The molecule has 34 heavy (non-hydrogen) atoms. The number of hydrogen-bond acceptors (Lipinski definition) is 0. The highest BCUT2D eigenvalue weighted by Crippen LogP contribution is 2.63. The summed E-state index contributed by atoms with van der Waals surface area (Å²) in [6, 6.07) is 2.03. The predicted molar refractivity (Wildman–Crippen MR) is 85.3 cm³/mol. The van der Waals surface area contributed by atoms with Gasteiger partial charge < -0.3 is 0 Å². The molecule has 198 valence electrons. The summed E-state index contributed by atoms with van der Waals surface area (Å²) in [6.07, 6.45) is -7.78. The summed E-state index contributed by atoms with van der Waals surface area (Å²) < 4.78 is 225. The van der Waals surface area contributed by atoms with Crippen LogP contribution in [0, 0.1) is 0 Å². The molecule has 0 radical (unpaired) electrons. The van der Waals surface area contributed by atoms with Crippen LogP contribution in [0.1, 0.15) is 0 Å². The number of hydrogen-bond donors (Lipinski definition) is 0. The van der Waals surface area contributed by atoms with Crippen molar-refractivity contribution in [3.63, 3.8) is 0 Å². The maximum absolute atomic E-state index is 14.0. The molecule has 0 bridgehead atoms. The third-order valence-corrected chi connectivity index (χ3v) is 7.17. The van der Waals surface area contributed by atoms with Crippen molar-refractivity contribution in [3.05, 3.63) is 28.2 Å². The first-order valence-electron chi connectivity index (χ1n) is 7.79. The Morgan fingerprint density at radius 1 is 0.500 bits per heavy atom. The molecule has 0 aliphatic carbocycles. The fourth-order valence-corrected chi connectivity index (χ4v) is 4.39. The van der Waals surface area contributed by atoms with Gasteiger partial charge in [-0.3, -0.25) is 0 Å². The lowest BCUT2D eigenvalue weighted by Gasteiger charge is -2.43. The maximum atomic E-state index is 14.0. The van der Waals surface area contributed by atoms with Crippen LogP contribution in [0.15, 0.2) is 18.2 Å². The van der Waals surface area contributed by atoms with E-state index >= 15 is 0 Å². The summed E-state index contributed by atoms with van der Waals surface area (Å²) in [4.78, 5) is 0. The molecule has 0 aliphatic rings. The standard InChI is InChI=1S/C14H5Cl2F17Si/c15-4-2-1-3-5(6(4)16)34-14(32,33)12(27,28)10(23,24)8(19,20)7(17,18)9(21,22)11(25,26)13(29,30)31/h1-3H,34H2. The molecule has 0 atom stereocenters. The molecule has 0 unspecified atom stereocenters. The van der Waals surface area contributed by atoms with Gasteiger partial charge in [0.2, 0.25) is 0 Å². The van der Waals surface area contributed by atoms with Crippen LogP contribution < -0.4 is 5.19 Å². The van der Waals surface area contributed by atoms with Gasteiger partial charge in [0.25, 0.3) is 5.55 Å². The van der Waals surface area contributed by atoms with E-state index in [0.717, 1.165) is 12.1 Å². The molecule has 0 fully saturated rings. The lowest BCUT2D eigenvalue weighted by molar-refractivity contribution is -0.458. The van der Waals surface area contributed by atoms with E-state index < -0.39 is 72.0 Å². The molecule has 0 spiro atoms. The second-order valence-electron chi connectivity index (χ2n) is 6.54. The summed E-state index contributed by atoms with van der Waals surface area (Å²) in [5.74, 6) is -49.9. The van der Waals surface area contributed by atoms with Gasteiger partial charge in [-0.1, -0.05) is 35.3 Å². The Morgan fingerprint density at radius 3 is 1.24 bits per heavy atom. The van der Waals surface area contributed by atoms with Crippen LogP contribution in [0.3, 0.4) is 0 Å². The van der Waals surface area contributed by atoms with E-state index in [-0.39, 0.29) is 0 Å². The Kier molecular flexibility index (Phi) is 7.67. The zero-order chi connectivity index (χ0) is 27.6. The monoisotopic (exact) mass is 594 g/mol. The van der Waals surface area contributed by atoms with E-state index in [2.05, 4.69) is 0 Å². The average molecular weight is 595 g/mol. The number of halogens is 19. The van der Waals surface area contributed by atoms with Gasteiger partial charge in [0.15, 0.2) is 0 Å². The van der Waals surface area contributed by atoms with E-state index in [9.17, 15) is 74.6 Å².